The maximum absolute atomic E-state index is 12.7. The van der Waals surface area contributed by atoms with Crippen LogP contribution in [-0.4, -0.2) is 50.2 Å². The maximum atomic E-state index is 12.7. The lowest BCUT2D eigenvalue weighted by Gasteiger charge is -2.36. The number of amides is 1. The topological polar surface area (TPSA) is 108 Å². The van der Waals surface area contributed by atoms with Gasteiger partial charge in [0.2, 0.25) is 5.91 Å². The molecule has 24 heavy (non-hydrogen) atoms. The van der Waals surface area contributed by atoms with Gasteiger partial charge >= 0.3 is 11.7 Å². The summed E-state index contributed by atoms with van der Waals surface area (Å²) in [5.41, 5.74) is -1.10. The summed E-state index contributed by atoms with van der Waals surface area (Å²) >= 11 is 0. The van der Waals surface area contributed by atoms with Crippen LogP contribution in [0.25, 0.3) is 0 Å². The van der Waals surface area contributed by atoms with E-state index in [-0.39, 0.29) is 30.7 Å². The molecule has 9 nitrogen and oxygen atoms in total. The van der Waals surface area contributed by atoms with Crippen molar-refractivity contribution >= 4 is 17.6 Å². The molecule has 2 rings (SSSR count). The van der Waals surface area contributed by atoms with Gasteiger partial charge in [0.05, 0.1) is 11.5 Å². The Hall–Kier alpha value is -2.45. The average molecular weight is 338 g/mol. The fourth-order valence-corrected chi connectivity index (χ4v) is 3.25. The molecule has 1 aromatic rings. The van der Waals surface area contributed by atoms with Crippen LogP contribution in [0, 0.1) is 10.1 Å². The van der Waals surface area contributed by atoms with Crippen LogP contribution in [0.15, 0.2) is 12.4 Å². The maximum Gasteiger partial charge on any atom is 0.332 e. The molecular weight excluding hydrogens is 316 g/mol. The lowest BCUT2D eigenvalue weighted by atomic mass is 9.90. The van der Waals surface area contributed by atoms with Gasteiger partial charge in [0.1, 0.15) is 24.5 Å². The molecule has 1 unspecified atom stereocenters. The van der Waals surface area contributed by atoms with Gasteiger partial charge in [-0.15, -0.1) is 0 Å². The smallest absolute Gasteiger partial charge is 0.332 e. The predicted octanol–water partition coefficient (Wildman–Crippen LogP) is 1.52. The molecule has 1 aromatic heterocycles. The number of nitro groups is 1. The van der Waals surface area contributed by atoms with Gasteiger partial charge < -0.3 is 9.64 Å². The van der Waals surface area contributed by atoms with E-state index in [1.807, 2.05) is 6.92 Å². The Labute approximate surface area is 139 Å². The quantitative estimate of drug-likeness (QED) is 0.424. The molecule has 0 N–H and O–H groups in total. The zero-order chi connectivity index (χ0) is 17.7. The van der Waals surface area contributed by atoms with Gasteiger partial charge in [-0.3, -0.25) is 19.6 Å². The SMILES string of the molecule is CCCC1(C(=O)OCC)CCCN1C(=O)Cn1cc([N+](=O)[O-])cn1. The van der Waals surface area contributed by atoms with Crippen molar-refractivity contribution in [1.29, 1.82) is 0 Å². The molecule has 0 aromatic carbocycles. The van der Waals surface area contributed by atoms with Crippen molar-refractivity contribution in [1.82, 2.24) is 14.7 Å². The molecule has 1 aliphatic rings. The van der Waals surface area contributed by atoms with Crippen LogP contribution in [0.4, 0.5) is 5.69 Å². The van der Waals surface area contributed by atoms with E-state index in [2.05, 4.69) is 5.10 Å². The molecule has 1 saturated heterocycles. The Morgan fingerprint density at radius 1 is 1.46 bits per heavy atom. The Morgan fingerprint density at radius 3 is 2.79 bits per heavy atom. The van der Waals surface area contributed by atoms with E-state index in [9.17, 15) is 19.7 Å². The third-order valence-corrected chi connectivity index (χ3v) is 4.24. The zero-order valence-electron chi connectivity index (χ0n) is 13.9. The zero-order valence-corrected chi connectivity index (χ0v) is 13.9. The van der Waals surface area contributed by atoms with E-state index in [1.165, 1.54) is 10.9 Å². The molecular formula is C15H22N4O5. The van der Waals surface area contributed by atoms with Gasteiger partial charge in [0, 0.05) is 6.54 Å². The summed E-state index contributed by atoms with van der Waals surface area (Å²) in [4.78, 5) is 36.9. The summed E-state index contributed by atoms with van der Waals surface area (Å²) in [6.07, 6.45) is 4.89. The highest BCUT2D eigenvalue weighted by molar-refractivity contribution is 5.88. The number of likely N-dealkylation sites (tertiary alicyclic amines) is 1. The monoisotopic (exact) mass is 338 g/mol. The molecule has 0 spiro atoms. The van der Waals surface area contributed by atoms with Crippen molar-refractivity contribution in [2.45, 2.75) is 51.6 Å². The Morgan fingerprint density at radius 2 is 2.21 bits per heavy atom. The number of aromatic nitrogens is 2. The summed E-state index contributed by atoms with van der Waals surface area (Å²) in [5, 5.41) is 14.5. The van der Waals surface area contributed by atoms with Crippen LogP contribution in [-0.2, 0) is 20.9 Å². The van der Waals surface area contributed by atoms with Gasteiger partial charge in [0.15, 0.2) is 0 Å². The van der Waals surface area contributed by atoms with E-state index >= 15 is 0 Å². The molecule has 1 fully saturated rings. The molecule has 9 heteroatoms. The first-order valence-electron chi connectivity index (χ1n) is 8.09. The van der Waals surface area contributed by atoms with Crippen molar-refractivity contribution in [3.63, 3.8) is 0 Å². The number of rotatable bonds is 7. The first-order chi connectivity index (χ1) is 11.4. The van der Waals surface area contributed by atoms with Crippen LogP contribution in [0.2, 0.25) is 0 Å². The summed E-state index contributed by atoms with van der Waals surface area (Å²) in [7, 11) is 0. The van der Waals surface area contributed by atoms with Crippen molar-refractivity contribution in [2.24, 2.45) is 0 Å². The Kier molecular flexibility index (Phi) is 5.53. The number of esters is 1. The van der Waals surface area contributed by atoms with Crippen molar-refractivity contribution in [3.8, 4) is 0 Å². The Balaban J connectivity index is 2.18. The number of hydrogen-bond acceptors (Lipinski definition) is 6. The first kappa shape index (κ1) is 17.9. The summed E-state index contributed by atoms with van der Waals surface area (Å²) in [6, 6.07) is 0. The van der Waals surface area contributed by atoms with E-state index in [0.29, 0.717) is 19.4 Å². The fourth-order valence-electron chi connectivity index (χ4n) is 3.25. The molecule has 132 valence electrons. The minimum absolute atomic E-state index is 0.140. The third kappa shape index (κ3) is 3.39. The highest BCUT2D eigenvalue weighted by Gasteiger charge is 2.50. The second-order valence-electron chi connectivity index (χ2n) is 5.80. The number of carbonyl (C=O) groups excluding carboxylic acids is 2. The van der Waals surface area contributed by atoms with Crippen LogP contribution in [0.3, 0.4) is 0 Å². The van der Waals surface area contributed by atoms with Gasteiger partial charge in [-0.25, -0.2) is 4.79 Å². The standard InChI is InChI=1S/C15H22N4O5/c1-3-6-15(14(21)24-4-2)7-5-8-18(15)13(20)11-17-10-12(9-16-17)19(22)23/h9-10H,3-8,11H2,1-2H3. The summed E-state index contributed by atoms with van der Waals surface area (Å²) in [6.45, 7) is 4.29. The van der Waals surface area contributed by atoms with Crippen molar-refractivity contribution in [2.75, 3.05) is 13.2 Å². The summed E-state index contributed by atoms with van der Waals surface area (Å²) < 4.78 is 6.43. The summed E-state index contributed by atoms with van der Waals surface area (Å²) in [5.74, 6) is -0.656. The molecule has 0 bridgehead atoms. The van der Waals surface area contributed by atoms with Crippen LogP contribution in [0.5, 0.6) is 0 Å². The number of ether oxygens (including phenoxy) is 1. The Bertz CT molecular complexity index is 629. The number of carbonyl (C=O) groups is 2. The molecule has 0 aliphatic carbocycles. The highest BCUT2D eigenvalue weighted by Crippen LogP contribution is 2.35. The second kappa shape index (κ2) is 7.41. The van der Waals surface area contributed by atoms with Crippen LogP contribution in [0.1, 0.15) is 39.5 Å². The molecule has 2 heterocycles. The van der Waals surface area contributed by atoms with Crippen molar-refractivity contribution in [3.05, 3.63) is 22.5 Å². The third-order valence-electron chi connectivity index (χ3n) is 4.24. The minimum Gasteiger partial charge on any atom is -0.464 e. The normalized spacial score (nSPS) is 20.2. The largest absolute Gasteiger partial charge is 0.464 e. The molecule has 1 amide bonds. The molecule has 1 aliphatic heterocycles. The van der Waals surface area contributed by atoms with Gasteiger partial charge in [-0.05, 0) is 26.2 Å². The molecule has 1 atom stereocenters. The lowest BCUT2D eigenvalue weighted by molar-refractivity contribution is -0.385. The highest BCUT2D eigenvalue weighted by atomic mass is 16.6. The minimum atomic E-state index is -0.930. The molecule has 0 saturated carbocycles. The number of nitrogens with zero attached hydrogens (tertiary/aromatic N) is 4. The van der Waals surface area contributed by atoms with Crippen LogP contribution < -0.4 is 0 Å². The van der Waals surface area contributed by atoms with E-state index < -0.39 is 10.5 Å². The van der Waals surface area contributed by atoms with Crippen molar-refractivity contribution < 1.29 is 19.2 Å². The van der Waals surface area contributed by atoms with Crippen LogP contribution >= 0.6 is 0 Å². The first-order valence-corrected chi connectivity index (χ1v) is 8.09. The average Bonchev–Trinajstić information content (AvgIpc) is 3.15. The van der Waals surface area contributed by atoms with Gasteiger partial charge in [-0.1, -0.05) is 13.3 Å². The number of hydrogen-bond donors (Lipinski definition) is 0. The lowest BCUT2D eigenvalue weighted by Crippen LogP contribution is -2.54. The second-order valence-corrected chi connectivity index (χ2v) is 5.80. The van der Waals surface area contributed by atoms with Gasteiger partial charge in [-0.2, -0.15) is 5.10 Å². The van der Waals surface area contributed by atoms with E-state index in [4.69, 9.17) is 4.74 Å². The molecule has 0 radical (unpaired) electrons. The fraction of sp³-hybridized carbons (Fsp3) is 0.667. The predicted molar refractivity (Wildman–Crippen MR) is 84.1 cm³/mol. The van der Waals surface area contributed by atoms with E-state index in [0.717, 1.165) is 19.0 Å². The van der Waals surface area contributed by atoms with Gasteiger partial charge in [0.25, 0.3) is 0 Å². The van der Waals surface area contributed by atoms with E-state index in [1.54, 1.807) is 11.8 Å².